The summed E-state index contributed by atoms with van der Waals surface area (Å²) in [6, 6.07) is 3.90. The van der Waals surface area contributed by atoms with E-state index in [9.17, 15) is 4.79 Å². The molecular weight excluding hydrogens is 282 g/mol. The predicted octanol–water partition coefficient (Wildman–Crippen LogP) is 3.45. The summed E-state index contributed by atoms with van der Waals surface area (Å²) in [4.78, 5) is 20.7. The van der Waals surface area contributed by atoms with Gasteiger partial charge in [-0.1, -0.05) is 13.3 Å². The van der Waals surface area contributed by atoms with E-state index in [1.165, 1.54) is 17.8 Å². The SMILES string of the molecule is CCC1CCCN(C(=O)c2sc3nc(C)ccc3c2N)C1. The summed E-state index contributed by atoms with van der Waals surface area (Å²) in [5.74, 6) is 0.699. The van der Waals surface area contributed by atoms with Crippen molar-refractivity contribution < 1.29 is 4.79 Å². The molecule has 1 unspecified atom stereocenters. The minimum atomic E-state index is 0.0753. The van der Waals surface area contributed by atoms with Gasteiger partial charge in [-0.15, -0.1) is 11.3 Å². The number of hydrogen-bond acceptors (Lipinski definition) is 4. The smallest absolute Gasteiger partial charge is 0.266 e. The van der Waals surface area contributed by atoms with Gasteiger partial charge in [0.15, 0.2) is 0 Å². The summed E-state index contributed by atoms with van der Waals surface area (Å²) < 4.78 is 0. The van der Waals surface area contributed by atoms with Crippen molar-refractivity contribution in [2.24, 2.45) is 5.92 Å². The summed E-state index contributed by atoms with van der Waals surface area (Å²) in [5.41, 5.74) is 7.73. The number of rotatable bonds is 2. The third-order valence-electron chi connectivity index (χ3n) is 4.31. The number of aryl methyl sites for hydroxylation is 1. The number of nitrogens with zero attached hydrogens (tertiary/aromatic N) is 2. The lowest BCUT2D eigenvalue weighted by Gasteiger charge is -2.32. The molecule has 3 heterocycles. The Hall–Kier alpha value is -1.62. The molecule has 2 aromatic rings. The molecule has 0 spiro atoms. The third-order valence-corrected chi connectivity index (χ3v) is 5.41. The molecule has 1 saturated heterocycles. The first-order valence-corrected chi connectivity index (χ1v) is 8.36. The molecule has 0 aliphatic carbocycles. The van der Waals surface area contributed by atoms with E-state index in [0.717, 1.165) is 41.8 Å². The third kappa shape index (κ3) is 2.62. The Morgan fingerprint density at radius 3 is 3.10 bits per heavy atom. The minimum absolute atomic E-state index is 0.0753. The fraction of sp³-hybridized carbons (Fsp3) is 0.500. The number of carbonyl (C=O) groups excluding carboxylic acids is 1. The number of fused-ring (bicyclic) bond motifs is 1. The highest BCUT2D eigenvalue weighted by atomic mass is 32.1. The van der Waals surface area contributed by atoms with Crippen molar-refractivity contribution >= 4 is 33.1 Å². The zero-order chi connectivity index (χ0) is 15.0. The lowest BCUT2D eigenvalue weighted by Crippen LogP contribution is -2.39. The van der Waals surface area contributed by atoms with Crippen molar-refractivity contribution in [2.75, 3.05) is 18.8 Å². The maximum absolute atomic E-state index is 12.8. The summed E-state index contributed by atoms with van der Waals surface area (Å²) in [7, 11) is 0. The van der Waals surface area contributed by atoms with E-state index in [2.05, 4.69) is 11.9 Å². The molecule has 2 N–H and O–H groups in total. The minimum Gasteiger partial charge on any atom is -0.397 e. The van der Waals surface area contributed by atoms with E-state index in [1.54, 1.807) is 0 Å². The number of nitrogens with two attached hydrogens (primary N) is 1. The van der Waals surface area contributed by atoms with Gasteiger partial charge in [-0.25, -0.2) is 4.98 Å². The quantitative estimate of drug-likeness (QED) is 0.924. The van der Waals surface area contributed by atoms with Crippen molar-refractivity contribution in [3.8, 4) is 0 Å². The Labute approximate surface area is 129 Å². The summed E-state index contributed by atoms with van der Waals surface area (Å²) in [6.45, 7) is 5.84. The van der Waals surface area contributed by atoms with Gasteiger partial charge in [0.2, 0.25) is 0 Å². The van der Waals surface area contributed by atoms with E-state index in [4.69, 9.17) is 5.73 Å². The number of hydrogen-bond donors (Lipinski definition) is 1. The number of pyridine rings is 1. The Morgan fingerprint density at radius 1 is 1.52 bits per heavy atom. The number of thiophene rings is 1. The molecular formula is C16H21N3OS. The van der Waals surface area contributed by atoms with Gasteiger partial charge >= 0.3 is 0 Å². The van der Waals surface area contributed by atoms with Crippen LogP contribution in [-0.4, -0.2) is 28.9 Å². The number of amides is 1. The topological polar surface area (TPSA) is 59.2 Å². The van der Waals surface area contributed by atoms with Crippen LogP contribution in [0, 0.1) is 12.8 Å². The van der Waals surface area contributed by atoms with Crippen LogP contribution in [0.3, 0.4) is 0 Å². The molecule has 0 aromatic carbocycles. The molecule has 0 saturated carbocycles. The highest BCUT2D eigenvalue weighted by Crippen LogP contribution is 2.34. The van der Waals surface area contributed by atoms with Crippen molar-refractivity contribution in [1.29, 1.82) is 0 Å². The molecule has 4 nitrogen and oxygen atoms in total. The van der Waals surface area contributed by atoms with E-state index in [-0.39, 0.29) is 5.91 Å². The van der Waals surface area contributed by atoms with Gasteiger partial charge in [-0.3, -0.25) is 4.79 Å². The summed E-state index contributed by atoms with van der Waals surface area (Å²) in [6.07, 6.45) is 3.45. The van der Waals surface area contributed by atoms with Crippen molar-refractivity contribution in [3.05, 3.63) is 22.7 Å². The van der Waals surface area contributed by atoms with Gasteiger partial charge in [0.25, 0.3) is 5.91 Å². The highest BCUT2D eigenvalue weighted by molar-refractivity contribution is 7.21. The number of anilines is 1. The Morgan fingerprint density at radius 2 is 2.33 bits per heavy atom. The van der Waals surface area contributed by atoms with Crippen LogP contribution in [0.2, 0.25) is 0 Å². The maximum Gasteiger partial charge on any atom is 0.266 e. The van der Waals surface area contributed by atoms with Crippen LogP contribution in [-0.2, 0) is 0 Å². The Bertz CT molecular complexity index is 679. The number of aromatic nitrogens is 1. The molecule has 0 radical (unpaired) electrons. The average Bonchev–Trinajstić information content (AvgIpc) is 2.83. The molecule has 1 fully saturated rings. The number of carbonyl (C=O) groups is 1. The molecule has 1 amide bonds. The molecule has 21 heavy (non-hydrogen) atoms. The standard InChI is InChI=1S/C16H21N3OS/c1-3-11-5-4-8-19(9-11)16(20)14-13(17)12-7-6-10(2)18-15(12)21-14/h6-7,11H,3-5,8-9,17H2,1-2H3. The first kappa shape index (κ1) is 14.3. The predicted molar refractivity (Wildman–Crippen MR) is 87.7 cm³/mol. The molecule has 3 rings (SSSR count). The monoisotopic (exact) mass is 303 g/mol. The lowest BCUT2D eigenvalue weighted by molar-refractivity contribution is 0.0677. The van der Waals surface area contributed by atoms with Gasteiger partial charge in [0.05, 0.1) is 5.69 Å². The van der Waals surface area contributed by atoms with Crippen LogP contribution in [0.1, 0.15) is 41.6 Å². The van der Waals surface area contributed by atoms with Gasteiger partial charge < -0.3 is 10.6 Å². The molecule has 2 aromatic heterocycles. The van der Waals surface area contributed by atoms with Gasteiger partial charge in [0.1, 0.15) is 9.71 Å². The molecule has 112 valence electrons. The van der Waals surface area contributed by atoms with Crippen molar-refractivity contribution in [1.82, 2.24) is 9.88 Å². The largest absolute Gasteiger partial charge is 0.397 e. The molecule has 0 bridgehead atoms. The van der Waals surface area contributed by atoms with Crippen LogP contribution >= 0.6 is 11.3 Å². The van der Waals surface area contributed by atoms with Crippen LogP contribution in [0.5, 0.6) is 0 Å². The molecule has 1 atom stereocenters. The van der Waals surface area contributed by atoms with E-state index >= 15 is 0 Å². The Kier molecular flexibility index (Phi) is 3.85. The zero-order valence-electron chi connectivity index (χ0n) is 12.6. The number of piperidine rings is 1. The second-order valence-electron chi connectivity index (χ2n) is 5.82. The second-order valence-corrected chi connectivity index (χ2v) is 6.82. The van der Waals surface area contributed by atoms with E-state index in [1.807, 2.05) is 24.0 Å². The molecule has 1 aliphatic rings. The average molecular weight is 303 g/mol. The van der Waals surface area contributed by atoms with Crippen molar-refractivity contribution in [2.45, 2.75) is 33.1 Å². The normalized spacial score (nSPS) is 19.1. The maximum atomic E-state index is 12.8. The molecule has 5 heteroatoms. The Balaban J connectivity index is 1.92. The van der Waals surface area contributed by atoms with Gasteiger partial charge in [0, 0.05) is 24.2 Å². The fourth-order valence-corrected chi connectivity index (χ4v) is 4.08. The fourth-order valence-electron chi connectivity index (χ4n) is 2.97. The number of likely N-dealkylation sites (tertiary alicyclic amines) is 1. The first-order chi connectivity index (χ1) is 10.1. The molecule has 1 aliphatic heterocycles. The van der Waals surface area contributed by atoms with E-state index < -0.39 is 0 Å². The van der Waals surface area contributed by atoms with Crippen LogP contribution < -0.4 is 5.73 Å². The van der Waals surface area contributed by atoms with Gasteiger partial charge in [-0.05, 0) is 37.8 Å². The van der Waals surface area contributed by atoms with E-state index in [0.29, 0.717) is 16.5 Å². The lowest BCUT2D eigenvalue weighted by atomic mass is 9.95. The van der Waals surface area contributed by atoms with Crippen LogP contribution in [0.25, 0.3) is 10.2 Å². The zero-order valence-corrected chi connectivity index (χ0v) is 13.4. The highest BCUT2D eigenvalue weighted by Gasteiger charge is 2.26. The summed E-state index contributed by atoms with van der Waals surface area (Å²) >= 11 is 1.42. The number of nitrogen functional groups attached to an aromatic ring is 1. The van der Waals surface area contributed by atoms with Crippen molar-refractivity contribution in [3.63, 3.8) is 0 Å². The first-order valence-electron chi connectivity index (χ1n) is 7.55. The van der Waals surface area contributed by atoms with Crippen LogP contribution in [0.15, 0.2) is 12.1 Å². The summed E-state index contributed by atoms with van der Waals surface area (Å²) in [5, 5.41) is 0.901. The van der Waals surface area contributed by atoms with Crippen LogP contribution in [0.4, 0.5) is 5.69 Å². The second kappa shape index (κ2) is 5.64. The van der Waals surface area contributed by atoms with Gasteiger partial charge in [-0.2, -0.15) is 0 Å².